The number of carbonyl (C=O) groups excluding carboxylic acids is 1. The summed E-state index contributed by atoms with van der Waals surface area (Å²) in [5, 5.41) is 15.9. The van der Waals surface area contributed by atoms with Crippen molar-refractivity contribution in [3.63, 3.8) is 0 Å². The highest BCUT2D eigenvalue weighted by Gasteiger charge is 2.11. The number of aromatic amines is 1. The molecule has 6 nitrogen and oxygen atoms in total. The van der Waals surface area contributed by atoms with Crippen LogP contribution in [0.5, 0.6) is 0 Å². The standard InChI is InChI=1S/C7H11N5O/c1-3-4-6(13)8-5(2)7-9-11-12-10-7/h3,5H,1,4H2,2H3,(H,8,13)(H,9,10,11,12). The van der Waals surface area contributed by atoms with E-state index in [4.69, 9.17) is 0 Å². The fourth-order valence-corrected chi connectivity index (χ4v) is 0.849. The van der Waals surface area contributed by atoms with Crippen molar-refractivity contribution < 1.29 is 4.79 Å². The summed E-state index contributed by atoms with van der Waals surface area (Å²) in [7, 11) is 0. The number of aromatic nitrogens is 4. The maximum Gasteiger partial charge on any atom is 0.224 e. The molecule has 1 amide bonds. The molecule has 1 aromatic rings. The van der Waals surface area contributed by atoms with Crippen molar-refractivity contribution >= 4 is 5.91 Å². The summed E-state index contributed by atoms with van der Waals surface area (Å²) < 4.78 is 0. The van der Waals surface area contributed by atoms with E-state index in [1.54, 1.807) is 6.92 Å². The van der Waals surface area contributed by atoms with Gasteiger partial charge in [0.25, 0.3) is 0 Å². The van der Waals surface area contributed by atoms with Crippen molar-refractivity contribution in [2.75, 3.05) is 0 Å². The van der Waals surface area contributed by atoms with Crippen molar-refractivity contribution in [2.45, 2.75) is 19.4 Å². The van der Waals surface area contributed by atoms with Gasteiger partial charge in [-0.3, -0.25) is 4.79 Å². The summed E-state index contributed by atoms with van der Waals surface area (Å²) in [5.41, 5.74) is 0. The van der Waals surface area contributed by atoms with Crippen molar-refractivity contribution in [1.29, 1.82) is 0 Å². The molecular formula is C7H11N5O. The Morgan fingerprint density at radius 3 is 3.15 bits per heavy atom. The number of nitrogens with zero attached hydrogens (tertiary/aromatic N) is 3. The highest BCUT2D eigenvalue weighted by Crippen LogP contribution is 2.02. The van der Waals surface area contributed by atoms with Gasteiger partial charge in [0.1, 0.15) is 0 Å². The molecule has 0 aliphatic heterocycles. The Morgan fingerprint density at radius 1 is 1.85 bits per heavy atom. The number of carbonyl (C=O) groups is 1. The molecule has 70 valence electrons. The number of rotatable bonds is 4. The van der Waals surface area contributed by atoms with Gasteiger partial charge in [-0.1, -0.05) is 11.3 Å². The van der Waals surface area contributed by atoms with Crippen LogP contribution in [0.15, 0.2) is 12.7 Å². The van der Waals surface area contributed by atoms with E-state index >= 15 is 0 Å². The van der Waals surface area contributed by atoms with Crippen LogP contribution in [0, 0.1) is 0 Å². The fraction of sp³-hybridized carbons (Fsp3) is 0.429. The van der Waals surface area contributed by atoms with Crippen molar-refractivity contribution in [3.05, 3.63) is 18.5 Å². The number of nitrogens with one attached hydrogen (secondary N) is 2. The molecule has 0 aliphatic rings. The molecule has 0 aliphatic carbocycles. The van der Waals surface area contributed by atoms with Gasteiger partial charge in [-0.2, -0.15) is 5.21 Å². The Labute approximate surface area is 75.4 Å². The van der Waals surface area contributed by atoms with Crippen LogP contribution < -0.4 is 5.32 Å². The van der Waals surface area contributed by atoms with E-state index < -0.39 is 0 Å². The first-order valence-electron chi connectivity index (χ1n) is 3.87. The molecule has 1 rings (SSSR count). The molecule has 0 saturated carbocycles. The SMILES string of the molecule is C=CCC(=O)NC(C)c1nn[nH]n1. The van der Waals surface area contributed by atoms with Gasteiger partial charge in [-0.05, 0) is 6.92 Å². The third-order valence-corrected chi connectivity index (χ3v) is 1.46. The van der Waals surface area contributed by atoms with E-state index in [0.717, 1.165) is 0 Å². The zero-order valence-corrected chi connectivity index (χ0v) is 7.32. The van der Waals surface area contributed by atoms with Gasteiger partial charge in [0.15, 0.2) is 5.82 Å². The molecule has 0 saturated heterocycles. The minimum absolute atomic E-state index is 0.104. The minimum Gasteiger partial charge on any atom is -0.346 e. The Kier molecular flexibility index (Phi) is 3.13. The van der Waals surface area contributed by atoms with E-state index in [9.17, 15) is 4.79 Å². The number of hydrogen-bond acceptors (Lipinski definition) is 4. The first-order chi connectivity index (χ1) is 6.24. The molecule has 13 heavy (non-hydrogen) atoms. The summed E-state index contributed by atoms with van der Waals surface area (Å²) in [4.78, 5) is 11.1. The second kappa shape index (κ2) is 4.34. The van der Waals surface area contributed by atoms with E-state index in [-0.39, 0.29) is 11.9 Å². The summed E-state index contributed by atoms with van der Waals surface area (Å²) in [5.74, 6) is 0.365. The van der Waals surface area contributed by atoms with Crippen LogP contribution in [0.1, 0.15) is 25.2 Å². The predicted octanol–water partition coefficient (Wildman–Crippen LogP) is -0.0470. The summed E-state index contributed by atoms with van der Waals surface area (Å²) in [6, 6.07) is -0.230. The van der Waals surface area contributed by atoms with E-state index in [1.165, 1.54) is 6.08 Å². The van der Waals surface area contributed by atoms with Crippen molar-refractivity contribution in [3.8, 4) is 0 Å². The minimum atomic E-state index is -0.230. The Morgan fingerprint density at radius 2 is 2.62 bits per heavy atom. The molecule has 6 heteroatoms. The highest BCUT2D eigenvalue weighted by molar-refractivity contribution is 5.77. The average molecular weight is 181 g/mol. The van der Waals surface area contributed by atoms with Crippen LogP contribution in [0.3, 0.4) is 0 Å². The first-order valence-corrected chi connectivity index (χ1v) is 3.87. The first kappa shape index (κ1) is 9.37. The second-order valence-electron chi connectivity index (χ2n) is 2.55. The van der Waals surface area contributed by atoms with Crippen LogP contribution in [-0.4, -0.2) is 26.5 Å². The highest BCUT2D eigenvalue weighted by atomic mass is 16.1. The molecule has 0 radical (unpaired) electrons. The smallest absolute Gasteiger partial charge is 0.224 e. The van der Waals surface area contributed by atoms with Crippen LogP contribution in [-0.2, 0) is 4.79 Å². The van der Waals surface area contributed by atoms with E-state index in [2.05, 4.69) is 32.5 Å². The molecule has 2 N–H and O–H groups in total. The Balaban J connectivity index is 2.46. The lowest BCUT2D eigenvalue weighted by Gasteiger charge is -2.07. The van der Waals surface area contributed by atoms with Crippen LogP contribution in [0.4, 0.5) is 0 Å². The lowest BCUT2D eigenvalue weighted by Crippen LogP contribution is -2.26. The maximum atomic E-state index is 11.1. The maximum absolute atomic E-state index is 11.1. The molecule has 1 atom stereocenters. The van der Waals surface area contributed by atoms with Crippen LogP contribution in [0.2, 0.25) is 0 Å². The monoisotopic (exact) mass is 181 g/mol. The lowest BCUT2D eigenvalue weighted by atomic mass is 10.3. The molecule has 0 fully saturated rings. The Bertz CT molecular complexity index is 281. The van der Waals surface area contributed by atoms with Gasteiger partial charge in [-0.25, -0.2) is 0 Å². The van der Waals surface area contributed by atoms with Gasteiger partial charge < -0.3 is 5.32 Å². The largest absolute Gasteiger partial charge is 0.346 e. The molecule has 1 unspecified atom stereocenters. The van der Waals surface area contributed by atoms with Gasteiger partial charge in [0.05, 0.1) is 6.04 Å². The zero-order valence-electron chi connectivity index (χ0n) is 7.32. The predicted molar refractivity (Wildman–Crippen MR) is 45.5 cm³/mol. The fourth-order valence-electron chi connectivity index (χ4n) is 0.849. The van der Waals surface area contributed by atoms with Gasteiger partial charge in [0, 0.05) is 6.42 Å². The van der Waals surface area contributed by atoms with Gasteiger partial charge >= 0.3 is 0 Å². The van der Waals surface area contributed by atoms with Crippen LogP contribution in [0.25, 0.3) is 0 Å². The quantitative estimate of drug-likeness (QED) is 0.638. The molecule has 0 aromatic carbocycles. The number of H-pyrrole nitrogens is 1. The molecule has 0 bridgehead atoms. The molecule has 1 aromatic heterocycles. The van der Waals surface area contributed by atoms with E-state index in [0.29, 0.717) is 12.2 Å². The second-order valence-corrected chi connectivity index (χ2v) is 2.55. The summed E-state index contributed by atoms with van der Waals surface area (Å²) in [6.07, 6.45) is 1.83. The topological polar surface area (TPSA) is 83.6 Å². The molecule has 0 spiro atoms. The number of tetrazole rings is 1. The zero-order chi connectivity index (χ0) is 9.68. The number of hydrogen-bond donors (Lipinski definition) is 2. The van der Waals surface area contributed by atoms with Crippen molar-refractivity contribution in [1.82, 2.24) is 25.9 Å². The number of amides is 1. The molecule has 1 heterocycles. The normalized spacial score (nSPS) is 12.1. The third-order valence-electron chi connectivity index (χ3n) is 1.46. The van der Waals surface area contributed by atoms with Crippen molar-refractivity contribution in [2.24, 2.45) is 0 Å². The third kappa shape index (κ3) is 2.66. The van der Waals surface area contributed by atoms with Crippen LogP contribution >= 0.6 is 0 Å². The van der Waals surface area contributed by atoms with Gasteiger partial charge in [-0.15, -0.1) is 16.8 Å². The Hall–Kier alpha value is -1.72. The average Bonchev–Trinajstić information content (AvgIpc) is 2.55. The summed E-state index contributed by atoms with van der Waals surface area (Å²) >= 11 is 0. The van der Waals surface area contributed by atoms with Gasteiger partial charge in [0.2, 0.25) is 5.91 Å². The van der Waals surface area contributed by atoms with E-state index in [1.807, 2.05) is 0 Å². The lowest BCUT2D eigenvalue weighted by molar-refractivity contribution is -0.120. The summed E-state index contributed by atoms with van der Waals surface area (Å²) in [6.45, 7) is 5.24. The molecular weight excluding hydrogens is 170 g/mol.